The van der Waals surface area contributed by atoms with Crippen LogP contribution in [0.15, 0.2) is 96.1 Å². The molecule has 1 heterocycles. The van der Waals surface area contributed by atoms with E-state index in [4.69, 9.17) is 4.98 Å². The van der Waals surface area contributed by atoms with Crippen molar-refractivity contribution in [3.05, 3.63) is 107 Å². The molecular formula is C24H19N5O2. The molecule has 0 saturated heterocycles. The molecule has 0 fully saturated rings. The second-order valence-corrected chi connectivity index (χ2v) is 6.81. The van der Waals surface area contributed by atoms with Gasteiger partial charge >= 0.3 is 0 Å². The number of aromatic nitrogens is 2. The van der Waals surface area contributed by atoms with Crippen LogP contribution in [0.2, 0.25) is 0 Å². The molecule has 3 aromatic carbocycles. The third kappa shape index (κ3) is 4.79. The number of nitrogens with zero attached hydrogens (tertiary/aromatic N) is 4. The summed E-state index contributed by atoms with van der Waals surface area (Å²) in [5.74, 6) is 1.10. The van der Waals surface area contributed by atoms with Crippen LogP contribution in [-0.4, -0.2) is 20.6 Å². The molecule has 0 saturated carbocycles. The lowest BCUT2D eigenvalue weighted by atomic mass is 10.1. The number of non-ortho nitro benzene ring substituents is 1. The van der Waals surface area contributed by atoms with Crippen molar-refractivity contribution in [2.75, 3.05) is 5.43 Å². The van der Waals surface area contributed by atoms with Crippen molar-refractivity contribution >= 4 is 17.2 Å². The molecule has 4 rings (SSSR count). The number of nitrogens with one attached hydrogen (secondary N) is 1. The molecule has 0 bridgehead atoms. The molecule has 0 atom stereocenters. The van der Waals surface area contributed by atoms with Gasteiger partial charge in [-0.05, 0) is 6.92 Å². The fourth-order valence-corrected chi connectivity index (χ4v) is 3.03. The Morgan fingerprint density at radius 3 is 2.23 bits per heavy atom. The van der Waals surface area contributed by atoms with E-state index in [1.54, 1.807) is 19.1 Å². The Kier molecular flexibility index (Phi) is 5.75. The number of anilines is 1. The van der Waals surface area contributed by atoms with E-state index in [0.29, 0.717) is 22.9 Å². The van der Waals surface area contributed by atoms with E-state index in [2.05, 4.69) is 15.5 Å². The molecule has 0 unspecified atom stereocenters. The Labute approximate surface area is 179 Å². The normalized spacial score (nSPS) is 11.2. The summed E-state index contributed by atoms with van der Waals surface area (Å²) in [5, 5.41) is 15.4. The first-order valence-electron chi connectivity index (χ1n) is 9.65. The zero-order chi connectivity index (χ0) is 21.6. The minimum atomic E-state index is -0.424. The van der Waals surface area contributed by atoms with E-state index in [1.165, 1.54) is 12.1 Å². The zero-order valence-electron chi connectivity index (χ0n) is 16.8. The summed E-state index contributed by atoms with van der Waals surface area (Å²) in [7, 11) is 0. The number of hydrogen-bond donors (Lipinski definition) is 1. The van der Waals surface area contributed by atoms with Crippen LogP contribution < -0.4 is 5.43 Å². The zero-order valence-corrected chi connectivity index (χ0v) is 16.8. The van der Waals surface area contributed by atoms with Gasteiger partial charge in [-0.25, -0.2) is 9.97 Å². The predicted octanol–water partition coefficient (Wildman–Crippen LogP) is 5.55. The molecule has 31 heavy (non-hydrogen) atoms. The summed E-state index contributed by atoms with van der Waals surface area (Å²) >= 11 is 0. The minimum Gasteiger partial charge on any atom is -0.261 e. The highest BCUT2D eigenvalue weighted by atomic mass is 16.6. The first-order chi connectivity index (χ1) is 15.1. The Morgan fingerprint density at radius 1 is 0.871 bits per heavy atom. The largest absolute Gasteiger partial charge is 0.270 e. The molecule has 152 valence electrons. The van der Waals surface area contributed by atoms with Crippen molar-refractivity contribution in [3.8, 4) is 22.6 Å². The van der Waals surface area contributed by atoms with Gasteiger partial charge in [0.25, 0.3) is 5.69 Å². The Hall–Kier alpha value is -4.39. The highest BCUT2D eigenvalue weighted by molar-refractivity contribution is 5.99. The summed E-state index contributed by atoms with van der Waals surface area (Å²) in [6.07, 6.45) is 0. The highest BCUT2D eigenvalue weighted by Crippen LogP contribution is 2.24. The molecule has 0 radical (unpaired) electrons. The van der Waals surface area contributed by atoms with E-state index < -0.39 is 4.92 Å². The quantitative estimate of drug-likeness (QED) is 0.256. The van der Waals surface area contributed by atoms with Crippen molar-refractivity contribution in [1.82, 2.24) is 9.97 Å². The molecule has 7 nitrogen and oxygen atoms in total. The molecule has 1 N–H and O–H groups in total. The first kappa shape index (κ1) is 19.9. The molecule has 0 spiro atoms. The topological polar surface area (TPSA) is 93.3 Å². The number of rotatable bonds is 6. The van der Waals surface area contributed by atoms with Gasteiger partial charge in [0.2, 0.25) is 0 Å². The predicted molar refractivity (Wildman–Crippen MR) is 122 cm³/mol. The second-order valence-electron chi connectivity index (χ2n) is 6.81. The van der Waals surface area contributed by atoms with Gasteiger partial charge < -0.3 is 0 Å². The lowest BCUT2D eigenvalue weighted by molar-refractivity contribution is -0.384. The third-order valence-electron chi connectivity index (χ3n) is 4.64. The van der Waals surface area contributed by atoms with Gasteiger partial charge in [0.1, 0.15) is 0 Å². The van der Waals surface area contributed by atoms with Gasteiger partial charge in [-0.1, -0.05) is 72.8 Å². The fourth-order valence-electron chi connectivity index (χ4n) is 3.03. The summed E-state index contributed by atoms with van der Waals surface area (Å²) in [4.78, 5) is 19.9. The number of benzene rings is 3. The van der Waals surface area contributed by atoms with Gasteiger partial charge in [0.05, 0.1) is 16.3 Å². The fraction of sp³-hybridized carbons (Fsp3) is 0.0417. The second kappa shape index (κ2) is 8.96. The summed E-state index contributed by atoms with van der Waals surface area (Å²) in [5.41, 5.74) is 6.87. The monoisotopic (exact) mass is 409 g/mol. The van der Waals surface area contributed by atoms with Crippen LogP contribution in [0.3, 0.4) is 0 Å². The van der Waals surface area contributed by atoms with E-state index in [-0.39, 0.29) is 5.69 Å². The van der Waals surface area contributed by atoms with E-state index in [0.717, 1.165) is 16.8 Å². The van der Waals surface area contributed by atoms with E-state index >= 15 is 0 Å². The van der Waals surface area contributed by atoms with Crippen LogP contribution in [0, 0.1) is 10.1 Å². The van der Waals surface area contributed by atoms with E-state index in [1.807, 2.05) is 66.7 Å². The van der Waals surface area contributed by atoms with Gasteiger partial charge in [-0.15, -0.1) is 0 Å². The van der Waals surface area contributed by atoms with Gasteiger partial charge in [-0.2, -0.15) is 5.10 Å². The summed E-state index contributed by atoms with van der Waals surface area (Å²) < 4.78 is 0. The Bertz CT molecular complexity index is 1180. The molecule has 4 aromatic rings. The molecule has 0 aliphatic rings. The molecule has 0 aliphatic heterocycles. The Balaban J connectivity index is 1.70. The average molecular weight is 409 g/mol. The van der Waals surface area contributed by atoms with Crippen molar-refractivity contribution in [2.24, 2.45) is 5.10 Å². The van der Waals surface area contributed by atoms with Crippen molar-refractivity contribution in [1.29, 1.82) is 0 Å². The molecular weight excluding hydrogens is 390 g/mol. The van der Waals surface area contributed by atoms with Crippen LogP contribution in [-0.2, 0) is 0 Å². The van der Waals surface area contributed by atoms with Crippen LogP contribution in [0.1, 0.15) is 12.5 Å². The number of hydrogen-bond acceptors (Lipinski definition) is 6. The van der Waals surface area contributed by atoms with Crippen LogP contribution in [0.25, 0.3) is 22.6 Å². The van der Waals surface area contributed by atoms with Gasteiger partial charge in [0, 0.05) is 34.9 Å². The van der Waals surface area contributed by atoms with Crippen molar-refractivity contribution < 1.29 is 4.92 Å². The van der Waals surface area contributed by atoms with Crippen molar-refractivity contribution in [2.45, 2.75) is 6.92 Å². The number of hydrazone groups is 1. The lowest BCUT2D eigenvalue weighted by Gasteiger charge is -2.09. The number of nitro groups is 1. The van der Waals surface area contributed by atoms with Gasteiger partial charge in [0.15, 0.2) is 11.6 Å². The average Bonchev–Trinajstić information content (AvgIpc) is 2.83. The highest BCUT2D eigenvalue weighted by Gasteiger charge is 2.10. The molecule has 0 amide bonds. The summed E-state index contributed by atoms with van der Waals surface area (Å²) in [6, 6.07) is 27.7. The molecule has 0 aliphatic carbocycles. The van der Waals surface area contributed by atoms with Crippen LogP contribution >= 0.6 is 0 Å². The SMILES string of the molecule is C/C(=N/Nc1cc(-c2ccccc2)nc(-c2ccccc2)n1)c1cccc([N+](=O)[O-])c1. The molecule has 1 aromatic heterocycles. The first-order valence-corrected chi connectivity index (χ1v) is 9.65. The maximum Gasteiger partial charge on any atom is 0.270 e. The lowest BCUT2D eigenvalue weighted by Crippen LogP contribution is -2.03. The standard InChI is InChI=1S/C24H19N5O2/c1-17(20-13-8-14-21(15-20)29(30)31)27-28-23-16-22(18-9-4-2-5-10-18)25-24(26-23)19-11-6-3-7-12-19/h2-16H,1H3,(H,25,26,28)/b27-17-. The third-order valence-corrected chi connectivity index (χ3v) is 4.64. The van der Waals surface area contributed by atoms with Crippen LogP contribution in [0.4, 0.5) is 11.5 Å². The van der Waals surface area contributed by atoms with E-state index in [9.17, 15) is 10.1 Å². The summed E-state index contributed by atoms with van der Waals surface area (Å²) in [6.45, 7) is 1.78. The van der Waals surface area contributed by atoms with Crippen molar-refractivity contribution in [3.63, 3.8) is 0 Å². The van der Waals surface area contributed by atoms with Crippen LogP contribution in [0.5, 0.6) is 0 Å². The molecule has 7 heteroatoms. The minimum absolute atomic E-state index is 0.0202. The maximum atomic E-state index is 11.0. The maximum absolute atomic E-state index is 11.0. The Morgan fingerprint density at radius 2 is 1.55 bits per heavy atom. The van der Waals surface area contributed by atoms with Gasteiger partial charge in [-0.3, -0.25) is 15.5 Å². The number of nitro benzene ring substituents is 1. The smallest absolute Gasteiger partial charge is 0.261 e.